The van der Waals surface area contributed by atoms with Gasteiger partial charge in [-0.05, 0) is 49.0 Å². The minimum Gasteiger partial charge on any atom is -0.476 e. The third-order valence-electron chi connectivity index (χ3n) is 5.16. The van der Waals surface area contributed by atoms with E-state index in [0.29, 0.717) is 18.0 Å². The second-order valence-electron chi connectivity index (χ2n) is 7.21. The predicted molar refractivity (Wildman–Crippen MR) is 96.7 cm³/mol. The summed E-state index contributed by atoms with van der Waals surface area (Å²) in [7, 11) is 1.72. The van der Waals surface area contributed by atoms with Gasteiger partial charge in [-0.25, -0.2) is 9.78 Å². The Balaban J connectivity index is 0.000000211. The third kappa shape index (κ3) is 5.11. The van der Waals surface area contributed by atoms with Crippen molar-refractivity contribution in [1.82, 2.24) is 20.2 Å². The van der Waals surface area contributed by atoms with Crippen molar-refractivity contribution in [3.63, 3.8) is 0 Å². The van der Waals surface area contributed by atoms with Crippen molar-refractivity contribution >= 4 is 5.97 Å². The Kier molecular flexibility index (Phi) is 6.04. The number of alkyl halides is 3. The second-order valence-corrected chi connectivity index (χ2v) is 7.21. The van der Waals surface area contributed by atoms with Gasteiger partial charge < -0.3 is 20.3 Å². The number of nitrogens with zero attached hydrogens (tertiary/aromatic N) is 2. The number of piperidine rings is 1. The lowest BCUT2D eigenvalue weighted by Gasteiger charge is -2.10. The van der Waals surface area contributed by atoms with E-state index >= 15 is 0 Å². The van der Waals surface area contributed by atoms with Gasteiger partial charge in [-0.15, -0.1) is 0 Å². The van der Waals surface area contributed by atoms with Crippen molar-refractivity contribution in [2.24, 2.45) is 24.8 Å². The summed E-state index contributed by atoms with van der Waals surface area (Å²) in [6, 6.07) is 5.54. The SMILES string of the molecule is Cn1cnc(C(=O)O)c1.FC(F)(F)c1cccc(CNCC2C3CNCC23)c1. The lowest BCUT2D eigenvalue weighted by Crippen LogP contribution is -2.23. The number of imidazole rings is 1. The molecule has 9 heteroatoms. The number of fused-ring (bicyclic) bond motifs is 1. The maximum absolute atomic E-state index is 12.6. The van der Waals surface area contributed by atoms with Crippen LogP contribution in [0.2, 0.25) is 0 Å². The Morgan fingerprint density at radius 2 is 2.07 bits per heavy atom. The molecule has 1 aromatic carbocycles. The number of carbonyl (C=O) groups is 1. The van der Waals surface area contributed by atoms with Gasteiger partial charge in [0.25, 0.3) is 0 Å². The van der Waals surface area contributed by atoms with Crippen molar-refractivity contribution in [3.05, 3.63) is 53.6 Å². The minimum atomic E-state index is -4.25. The summed E-state index contributed by atoms with van der Waals surface area (Å²) in [4.78, 5) is 13.7. The number of halogens is 3. The molecule has 2 atom stereocenters. The third-order valence-corrected chi connectivity index (χ3v) is 5.16. The molecule has 1 aliphatic heterocycles. The highest BCUT2D eigenvalue weighted by molar-refractivity contribution is 5.84. The van der Waals surface area contributed by atoms with Crippen molar-refractivity contribution < 1.29 is 23.1 Å². The highest BCUT2D eigenvalue weighted by Crippen LogP contribution is 2.48. The van der Waals surface area contributed by atoms with Crippen LogP contribution in [0.25, 0.3) is 0 Å². The molecule has 2 aromatic rings. The molecule has 2 heterocycles. The first-order chi connectivity index (χ1) is 13.3. The van der Waals surface area contributed by atoms with Gasteiger partial charge in [0, 0.05) is 19.8 Å². The van der Waals surface area contributed by atoms with E-state index in [2.05, 4.69) is 15.6 Å². The predicted octanol–water partition coefficient (Wildman–Crippen LogP) is 2.38. The smallest absolute Gasteiger partial charge is 0.416 e. The normalized spacial score (nSPS) is 22.9. The zero-order valence-electron chi connectivity index (χ0n) is 15.4. The lowest BCUT2D eigenvalue weighted by molar-refractivity contribution is -0.137. The highest BCUT2D eigenvalue weighted by Gasteiger charge is 2.51. The molecule has 1 saturated heterocycles. The van der Waals surface area contributed by atoms with Gasteiger partial charge in [0.1, 0.15) is 0 Å². The summed E-state index contributed by atoms with van der Waals surface area (Å²) in [5, 5.41) is 14.9. The molecule has 4 rings (SSSR count). The zero-order valence-corrected chi connectivity index (χ0v) is 15.4. The highest BCUT2D eigenvalue weighted by atomic mass is 19.4. The average molecular weight is 396 g/mol. The summed E-state index contributed by atoms with van der Waals surface area (Å²) in [6.45, 7) is 3.61. The zero-order chi connectivity index (χ0) is 20.3. The van der Waals surface area contributed by atoms with Gasteiger partial charge in [-0.3, -0.25) is 0 Å². The van der Waals surface area contributed by atoms with Crippen LogP contribution in [0, 0.1) is 17.8 Å². The molecular weight excluding hydrogens is 373 g/mol. The molecule has 2 aliphatic rings. The van der Waals surface area contributed by atoms with Crippen molar-refractivity contribution in [2.45, 2.75) is 12.7 Å². The first kappa shape index (κ1) is 20.3. The number of hydrogen-bond donors (Lipinski definition) is 3. The molecule has 2 fully saturated rings. The molecule has 6 nitrogen and oxygen atoms in total. The summed E-state index contributed by atoms with van der Waals surface area (Å²) < 4.78 is 39.3. The molecule has 3 N–H and O–H groups in total. The molecule has 28 heavy (non-hydrogen) atoms. The van der Waals surface area contributed by atoms with E-state index in [1.54, 1.807) is 17.7 Å². The van der Waals surface area contributed by atoms with Crippen LogP contribution in [0.1, 0.15) is 21.6 Å². The van der Waals surface area contributed by atoms with E-state index in [-0.39, 0.29) is 5.69 Å². The summed E-state index contributed by atoms with van der Waals surface area (Å²) in [5.74, 6) is 1.30. The van der Waals surface area contributed by atoms with Gasteiger partial charge in [0.05, 0.1) is 11.9 Å². The Bertz CT molecular complexity index is 812. The van der Waals surface area contributed by atoms with Gasteiger partial charge >= 0.3 is 12.1 Å². The topological polar surface area (TPSA) is 79.2 Å². The van der Waals surface area contributed by atoms with Crippen LogP contribution >= 0.6 is 0 Å². The summed E-state index contributed by atoms with van der Waals surface area (Å²) >= 11 is 0. The maximum atomic E-state index is 12.6. The first-order valence-electron chi connectivity index (χ1n) is 9.04. The van der Waals surface area contributed by atoms with Crippen molar-refractivity contribution in [1.29, 1.82) is 0 Å². The standard InChI is InChI=1S/C14H17F3N2.C5H6N2O2/c15-14(16,17)10-3-1-2-9(4-10)5-18-6-11-12-7-19-8-13(11)12;1-7-2-4(5(8)9)6-3-7/h1-4,11-13,18-19H,5-8H2;2-3H,1H3,(H,8,9). The van der Waals surface area contributed by atoms with Crippen LogP contribution in [-0.2, 0) is 19.8 Å². The molecule has 152 valence electrons. The van der Waals surface area contributed by atoms with Gasteiger partial charge in [0.15, 0.2) is 5.69 Å². The number of hydrogen-bond acceptors (Lipinski definition) is 4. The number of nitrogens with one attached hydrogen (secondary N) is 2. The second kappa shape index (κ2) is 8.32. The molecule has 1 aromatic heterocycles. The number of carboxylic acids is 1. The number of carboxylic acid groups (broad SMARTS) is 1. The molecule has 2 unspecified atom stereocenters. The molecule has 0 spiro atoms. The van der Waals surface area contributed by atoms with E-state index in [1.165, 1.54) is 24.7 Å². The molecular formula is C19H23F3N4O2. The molecule has 0 radical (unpaired) electrons. The number of aryl methyl sites for hydroxylation is 1. The monoisotopic (exact) mass is 396 g/mol. The first-order valence-corrected chi connectivity index (χ1v) is 9.04. The van der Waals surface area contributed by atoms with E-state index in [4.69, 9.17) is 5.11 Å². The lowest BCUT2D eigenvalue weighted by atomic mass is 10.1. The largest absolute Gasteiger partial charge is 0.476 e. The fraction of sp³-hybridized carbons (Fsp3) is 0.474. The minimum absolute atomic E-state index is 0.0810. The van der Waals surface area contributed by atoms with Gasteiger partial charge in [-0.2, -0.15) is 13.2 Å². The van der Waals surface area contributed by atoms with Gasteiger partial charge in [0.2, 0.25) is 0 Å². The Morgan fingerprint density at radius 3 is 2.61 bits per heavy atom. The van der Waals surface area contributed by atoms with E-state index < -0.39 is 17.7 Å². The fourth-order valence-corrected chi connectivity index (χ4v) is 3.61. The summed E-state index contributed by atoms with van der Waals surface area (Å²) in [6.07, 6.45) is -1.36. The number of rotatable bonds is 5. The van der Waals surface area contributed by atoms with E-state index in [0.717, 1.165) is 37.5 Å². The van der Waals surface area contributed by atoms with E-state index in [9.17, 15) is 18.0 Å². The average Bonchev–Trinajstić information content (AvgIpc) is 3.01. The quantitative estimate of drug-likeness (QED) is 0.723. The molecule has 0 amide bonds. The Labute approximate surface area is 160 Å². The van der Waals surface area contributed by atoms with Crippen LogP contribution in [0.4, 0.5) is 13.2 Å². The Hall–Kier alpha value is -2.39. The maximum Gasteiger partial charge on any atom is 0.416 e. The van der Waals surface area contributed by atoms with Crippen LogP contribution in [0.3, 0.4) is 0 Å². The van der Waals surface area contributed by atoms with Crippen LogP contribution in [0.5, 0.6) is 0 Å². The van der Waals surface area contributed by atoms with Crippen molar-refractivity contribution in [3.8, 4) is 0 Å². The fourth-order valence-electron chi connectivity index (χ4n) is 3.61. The van der Waals surface area contributed by atoms with Crippen LogP contribution in [-0.4, -0.2) is 40.3 Å². The molecule has 0 bridgehead atoms. The van der Waals surface area contributed by atoms with Crippen molar-refractivity contribution in [2.75, 3.05) is 19.6 Å². The van der Waals surface area contributed by atoms with E-state index in [1.807, 2.05) is 0 Å². The summed E-state index contributed by atoms with van der Waals surface area (Å²) in [5.41, 5.74) is 0.204. The van der Waals surface area contributed by atoms with Gasteiger partial charge in [-0.1, -0.05) is 18.2 Å². The molecule has 1 aliphatic carbocycles. The Morgan fingerprint density at radius 1 is 1.36 bits per heavy atom. The number of aromatic carboxylic acids is 1. The van der Waals surface area contributed by atoms with Crippen LogP contribution < -0.4 is 10.6 Å². The van der Waals surface area contributed by atoms with Crippen LogP contribution in [0.15, 0.2) is 36.8 Å². The molecule has 1 saturated carbocycles. The number of aromatic nitrogens is 2. The number of benzene rings is 1.